The molecular weight excluding hydrogens is 1130 g/mol. The Hall–Kier alpha value is -6.57. The molecule has 20 N–H and O–H groups in total. The number of alkyl halides is 1. The molecule has 31 heteroatoms. The molecule has 1 aliphatic rings. The fraction of sp³-hybridized carbons (Fsp3) is 0.736. The summed E-state index contributed by atoms with van der Waals surface area (Å²) in [6.07, 6.45) is 5.71. The Labute approximate surface area is 493 Å². The van der Waals surface area contributed by atoms with E-state index in [9.17, 15) is 83.1 Å². The highest BCUT2D eigenvalue weighted by Crippen LogP contribution is 2.14. The summed E-state index contributed by atoms with van der Waals surface area (Å²) in [5.74, 6) is -17.0. The summed E-state index contributed by atoms with van der Waals surface area (Å²) < 4.78 is 5.38. The lowest BCUT2D eigenvalue weighted by Gasteiger charge is -2.29. The summed E-state index contributed by atoms with van der Waals surface area (Å²) in [6, 6.07) is -15.7. The molecule has 1 aliphatic heterocycles. The molecule has 1 rings (SSSR count). The number of carboxylic acids is 2. The van der Waals surface area contributed by atoms with Crippen molar-refractivity contribution >= 4 is 82.7 Å². The molecule has 9 amide bonds. The Morgan fingerprint density at radius 3 is 1.56 bits per heavy atom. The number of halogens is 1. The highest BCUT2D eigenvalue weighted by Gasteiger charge is 2.40. The van der Waals surface area contributed by atoms with E-state index in [0.29, 0.717) is 12.8 Å². The lowest BCUT2D eigenvalue weighted by molar-refractivity contribution is -0.153. The summed E-state index contributed by atoms with van der Waals surface area (Å²) >= 11 is 5.91. The van der Waals surface area contributed by atoms with E-state index < -0.39 is 175 Å². The number of hydrogen-bond donors (Lipinski definition) is 17. The molecule has 0 spiro atoms. The largest absolute Gasteiger partial charge is 0.481 e. The van der Waals surface area contributed by atoms with Gasteiger partial charge in [0.1, 0.15) is 54.6 Å². The van der Waals surface area contributed by atoms with Gasteiger partial charge in [0.05, 0.1) is 24.5 Å². The quantitative estimate of drug-likeness (QED) is 0.0145. The van der Waals surface area contributed by atoms with Crippen LogP contribution in [0.5, 0.6) is 0 Å². The zero-order valence-corrected chi connectivity index (χ0v) is 49.0. The van der Waals surface area contributed by atoms with Gasteiger partial charge in [-0.25, -0.2) is 9.59 Å². The van der Waals surface area contributed by atoms with Crippen LogP contribution in [0.1, 0.15) is 149 Å². The van der Waals surface area contributed by atoms with E-state index in [4.69, 9.17) is 33.5 Å². The summed E-state index contributed by atoms with van der Waals surface area (Å²) in [7, 11) is 0. The summed E-state index contributed by atoms with van der Waals surface area (Å²) in [5.41, 5.74) is 16.5. The number of ether oxygens (including phenoxy) is 1. The summed E-state index contributed by atoms with van der Waals surface area (Å²) in [6.45, 7) is 2.80. The molecule has 30 nitrogen and oxygen atoms in total. The smallest absolute Gasteiger partial charge is 0.335 e. The van der Waals surface area contributed by atoms with Crippen molar-refractivity contribution in [2.75, 3.05) is 32.1 Å². The van der Waals surface area contributed by atoms with Gasteiger partial charge in [0.15, 0.2) is 12.1 Å². The minimum absolute atomic E-state index is 0.0606. The molecule has 0 aromatic carbocycles. The van der Waals surface area contributed by atoms with Crippen LogP contribution in [0.2, 0.25) is 0 Å². The fourth-order valence-electron chi connectivity index (χ4n) is 8.54. The van der Waals surface area contributed by atoms with Crippen LogP contribution in [0.3, 0.4) is 0 Å². The second-order valence-electron chi connectivity index (χ2n) is 20.4. The van der Waals surface area contributed by atoms with Gasteiger partial charge in [0.2, 0.25) is 47.3 Å². The van der Waals surface area contributed by atoms with Crippen molar-refractivity contribution in [2.24, 2.45) is 17.2 Å². The highest BCUT2D eigenvalue weighted by atomic mass is 35.5. The first-order valence-corrected chi connectivity index (χ1v) is 29.2. The third-order valence-corrected chi connectivity index (χ3v) is 13.7. The molecule has 0 bridgehead atoms. The van der Waals surface area contributed by atoms with Crippen LogP contribution in [-0.2, 0) is 62.3 Å². The number of carbonyl (C=O) groups is 12. The number of amides is 9. The van der Waals surface area contributed by atoms with Gasteiger partial charge in [-0.1, -0.05) is 90.0 Å². The van der Waals surface area contributed by atoms with Crippen molar-refractivity contribution < 1.29 is 87.8 Å². The number of aliphatic carboxylic acids is 2. The standard InChI is InChI=1S/C53H91ClN12O18/c1-4-6-7-8-9-10-11-12-13-14-15-16-17-21-38(69)58-36-29-84-53(83)41(37(68)28-54)65-44(73)31(5-2)59-50(79)40(30(3)67)64-47(76)34(23-26-57)62-51(80)42(43(72)52(81)82)66-46(75)32(20-18-19-24-55)60-48(77)35(27-39(70)71)63-45(74)33(22-25-56)61-49(36)78/h5,30,32-37,40-43,67-68,72H,4,6-29,55-57H2,1-3H3,(H,58,69)(H,59,79)(H,60,77)(H,61,78)(H,62,80)(H,63,74)(H,64,76)(H,65,73)(H,66,75)(H,70,71)(H,81,82)/b31-5+/t30-,32?,33?,34-,35-,36?,37+,40?,41?,42?,43-/m0/s1. The second kappa shape index (κ2) is 42.3. The van der Waals surface area contributed by atoms with E-state index in [1.807, 2.05) is 5.32 Å². The number of allylic oxidation sites excluding steroid dienone is 1. The van der Waals surface area contributed by atoms with E-state index in [-0.39, 0.29) is 45.3 Å². The lowest BCUT2D eigenvalue weighted by atomic mass is 10.0. The molecule has 0 aromatic heterocycles. The maximum absolute atomic E-state index is 14.1. The number of unbranched alkanes of at least 4 members (excludes halogenated alkanes) is 13. The van der Waals surface area contributed by atoms with Crippen molar-refractivity contribution in [1.82, 2.24) is 47.9 Å². The number of cyclic esters (lactones) is 1. The molecule has 478 valence electrons. The normalized spacial score (nSPS) is 24.0. The summed E-state index contributed by atoms with van der Waals surface area (Å²) in [4.78, 5) is 163. The number of aliphatic hydroxyl groups excluding tert-OH is 3. The molecule has 6 unspecified atom stereocenters. The van der Waals surface area contributed by atoms with Gasteiger partial charge >= 0.3 is 17.9 Å². The zero-order valence-electron chi connectivity index (χ0n) is 48.3. The van der Waals surface area contributed by atoms with Crippen molar-refractivity contribution in [2.45, 2.75) is 216 Å². The van der Waals surface area contributed by atoms with E-state index in [2.05, 4.69) is 49.5 Å². The van der Waals surface area contributed by atoms with Crippen molar-refractivity contribution in [1.29, 1.82) is 0 Å². The van der Waals surface area contributed by atoms with Crippen LogP contribution in [-0.4, -0.2) is 195 Å². The first-order chi connectivity index (χ1) is 39.9. The van der Waals surface area contributed by atoms with E-state index >= 15 is 0 Å². The van der Waals surface area contributed by atoms with Gasteiger partial charge in [-0.2, -0.15) is 0 Å². The Morgan fingerprint density at radius 1 is 0.595 bits per heavy atom. The van der Waals surface area contributed by atoms with Crippen LogP contribution in [0, 0.1) is 0 Å². The van der Waals surface area contributed by atoms with Gasteiger partial charge in [-0.3, -0.25) is 47.9 Å². The van der Waals surface area contributed by atoms with Crippen molar-refractivity contribution in [3.05, 3.63) is 11.8 Å². The molecule has 1 saturated heterocycles. The molecule has 0 radical (unpaired) electrons. The van der Waals surface area contributed by atoms with Gasteiger partial charge in [0.25, 0.3) is 5.91 Å². The molecular formula is C53H91ClN12O18. The number of hydrogen-bond acceptors (Lipinski definition) is 19. The minimum atomic E-state index is -2.75. The maximum Gasteiger partial charge on any atom is 0.335 e. The van der Waals surface area contributed by atoms with Gasteiger partial charge in [0, 0.05) is 6.42 Å². The van der Waals surface area contributed by atoms with E-state index in [0.717, 1.165) is 45.1 Å². The molecule has 0 aromatic rings. The Bertz CT molecular complexity index is 2190. The monoisotopic (exact) mass is 1220 g/mol. The molecule has 84 heavy (non-hydrogen) atoms. The van der Waals surface area contributed by atoms with Crippen molar-refractivity contribution in [3.8, 4) is 0 Å². The highest BCUT2D eigenvalue weighted by molar-refractivity contribution is 6.18. The van der Waals surface area contributed by atoms with Gasteiger partial charge in [-0.05, 0) is 72.0 Å². The van der Waals surface area contributed by atoms with Crippen molar-refractivity contribution in [3.63, 3.8) is 0 Å². The van der Waals surface area contributed by atoms with Crippen LogP contribution in [0.25, 0.3) is 0 Å². The number of carbonyl (C=O) groups excluding carboxylic acids is 10. The molecule has 11 atom stereocenters. The number of nitrogens with one attached hydrogen (secondary N) is 9. The SMILES string of the molecule is C/C=C1/NC(=O)C([C@H](C)O)NC(=O)[C@H](CCN)NC(=O)C([C@H](O)C(=O)O)NC(=O)C(CCCCN)NC(=O)[C@H](CC(=O)O)NC(=O)C(CCN)NC(=O)C(NC(=O)CCCCCCCCCCCCCCC)COC(=O)C([C@H](O)CCl)NC1=O. The van der Waals surface area contributed by atoms with Crippen LogP contribution in [0.4, 0.5) is 0 Å². The maximum atomic E-state index is 14.1. The van der Waals surface area contributed by atoms with Crippen LogP contribution >= 0.6 is 11.6 Å². The number of rotatable bonds is 30. The molecule has 1 heterocycles. The number of carboxylic acid groups (broad SMARTS) is 2. The second-order valence-corrected chi connectivity index (χ2v) is 20.7. The van der Waals surface area contributed by atoms with Crippen LogP contribution < -0.4 is 65.1 Å². The number of aliphatic hydroxyl groups is 3. The van der Waals surface area contributed by atoms with Gasteiger partial charge in [-0.15, -0.1) is 11.6 Å². The minimum Gasteiger partial charge on any atom is -0.481 e. The zero-order chi connectivity index (χ0) is 63.3. The molecule has 0 aliphatic carbocycles. The number of esters is 1. The Balaban J connectivity index is 3.89. The van der Waals surface area contributed by atoms with E-state index in [1.54, 1.807) is 0 Å². The van der Waals surface area contributed by atoms with Crippen LogP contribution in [0.15, 0.2) is 11.8 Å². The fourth-order valence-corrected chi connectivity index (χ4v) is 8.72. The molecule has 0 saturated carbocycles. The third-order valence-electron chi connectivity index (χ3n) is 13.4. The predicted molar refractivity (Wildman–Crippen MR) is 303 cm³/mol. The predicted octanol–water partition coefficient (Wildman–Crippen LogP) is -3.35. The van der Waals surface area contributed by atoms with Gasteiger partial charge < -0.3 is 95.3 Å². The lowest BCUT2D eigenvalue weighted by Crippen LogP contribution is -2.63. The number of nitrogens with two attached hydrogens (primary N) is 3. The average Bonchev–Trinajstić information content (AvgIpc) is 3.65. The average molecular weight is 1220 g/mol. The molecule has 1 fully saturated rings. The Kier molecular flexibility index (Phi) is 38.0. The first-order valence-electron chi connectivity index (χ1n) is 28.6. The Morgan fingerprint density at radius 2 is 1.07 bits per heavy atom. The topological polar surface area (TPSA) is 502 Å². The third kappa shape index (κ3) is 28.8. The van der Waals surface area contributed by atoms with E-state index in [1.165, 1.54) is 45.4 Å². The first kappa shape index (κ1) is 75.4. The summed E-state index contributed by atoms with van der Waals surface area (Å²) in [5, 5.41) is 71.8.